The summed E-state index contributed by atoms with van der Waals surface area (Å²) in [6, 6.07) is 8.49. The van der Waals surface area contributed by atoms with Gasteiger partial charge in [0.25, 0.3) is 0 Å². The topological polar surface area (TPSA) is 125 Å². The summed E-state index contributed by atoms with van der Waals surface area (Å²) in [5, 5.41) is 12.4. The Hall–Kier alpha value is -2.78. The van der Waals surface area contributed by atoms with E-state index in [9.17, 15) is 24.3 Å². The molecule has 216 valence electrons. The molecule has 1 aromatic carbocycles. The van der Waals surface area contributed by atoms with Crippen molar-refractivity contribution in [2.75, 3.05) is 6.61 Å². The van der Waals surface area contributed by atoms with E-state index in [2.05, 4.69) is 13.8 Å². The zero-order chi connectivity index (χ0) is 29.0. The van der Waals surface area contributed by atoms with Crippen molar-refractivity contribution in [3.8, 4) is 0 Å². The molecule has 11 atom stereocenters. The lowest BCUT2D eigenvalue weighted by Gasteiger charge is -2.50. The van der Waals surface area contributed by atoms with Gasteiger partial charge in [0.2, 0.25) is 0 Å². The zero-order valence-corrected chi connectivity index (χ0v) is 23.8. The summed E-state index contributed by atoms with van der Waals surface area (Å²) < 4.78 is 24.7. The van der Waals surface area contributed by atoms with E-state index < -0.39 is 76.4 Å². The standard InChI is InChI=1S/C31H38O9/c1-15-13-31(36)22(23(15)39-17(3)33)25(40-26(34)18-10-8-7-9-11-18)30-14-37-29(6,27(31)35)24(30)21-19(28(21,4)5)12-20(30)38-16(2)32/h7-11,15,19-25,36H,12-14H2,1-6H3. The Morgan fingerprint density at radius 2 is 1.62 bits per heavy atom. The van der Waals surface area contributed by atoms with E-state index in [-0.39, 0.29) is 30.3 Å². The number of esters is 3. The van der Waals surface area contributed by atoms with Gasteiger partial charge in [-0.25, -0.2) is 4.79 Å². The van der Waals surface area contributed by atoms with Crippen LogP contribution in [0.25, 0.3) is 0 Å². The molecule has 5 fully saturated rings. The molecule has 0 spiro atoms. The summed E-state index contributed by atoms with van der Waals surface area (Å²) >= 11 is 0. The molecule has 1 saturated heterocycles. The number of hydrogen-bond donors (Lipinski definition) is 1. The highest BCUT2D eigenvalue weighted by molar-refractivity contribution is 5.97. The second-order valence-corrected chi connectivity index (χ2v) is 13.5. The van der Waals surface area contributed by atoms with Gasteiger partial charge in [0.1, 0.15) is 29.5 Å². The molecule has 2 bridgehead atoms. The Labute approximate surface area is 233 Å². The molecule has 11 unspecified atom stereocenters. The van der Waals surface area contributed by atoms with Crippen LogP contribution < -0.4 is 0 Å². The monoisotopic (exact) mass is 554 g/mol. The van der Waals surface area contributed by atoms with E-state index in [4.69, 9.17) is 18.9 Å². The van der Waals surface area contributed by atoms with Crippen LogP contribution in [0.2, 0.25) is 0 Å². The Kier molecular flexibility index (Phi) is 5.90. The van der Waals surface area contributed by atoms with E-state index >= 15 is 0 Å². The summed E-state index contributed by atoms with van der Waals surface area (Å²) in [6.07, 6.45) is -2.25. The van der Waals surface area contributed by atoms with Crippen molar-refractivity contribution in [3.05, 3.63) is 35.9 Å². The fourth-order valence-electron chi connectivity index (χ4n) is 9.41. The summed E-state index contributed by atoms with van der Waals surface area (Å²) in [7, 11) is 0. The lowest BCUT2D eigenvalue weighted by molar-refractivity contribution is -0.200. The van der Waals surface area contributed by atoms with Gasteiger partial charge in [-0.2, -0.15) is 0 Å². The molecule has 0 amide bonds. The van der Waals surface area contributed by atoms with Gasteiger partial charge < -0.3 is 24.1 Å². The Morgan fingerprint density at radius 3 is 2.25 bits per heavy atom. The highest BCUT2D eigenvalue weighted by atomic mass is 16.6. The summed E-state index contributed by atoms with van der Waals surface area (Å²) in [6.45, 7) is 10.4. The van der Waals surface area contributed by atoms with Gasteiger partial charge in [-0.05, 0) is 55.1 Å². The molecule has 0 radical (unpaired) electrons. The summed E-state index contributed by atoms with van der Waals surface area (Å²) in [4.78, 5) is 53.2. The van der Waals surface area contributed by atoms with Crippen molar-refractivity contribution in [3.63, 3.8) is 0 Å². The zero-order valence-electron chi connectivity index (χ0n) is 23.8. The predicted octanol–water partition coefficient (Wildman–Crippen LogP) is 3.11. The van der Waals surface area contributed by atoms with Gasteiger partial charge in [0, 0.05) is 19.8 Å². The maximum Gasteiger partial charge on any atom is 0.338 e. The molecule has 4 aliphatic carbocycles. The third-order valence-corrected chi connectivity index (χ3v) is 11.0. The number of fused-ring (bicyclic) bond motifs is 2. The maximum absolute atomic E-state index is 14.6. The lowest BCUT2D eigenvalue weighted by atomic mass is 9.57. The first-order valence-corrected chi connectivity index (χ1v) is 14.2. The molecule has 40 heavy (non-hydrogen) atoms. The second kappa shape index (κ2) is 8.61. The molecule has 6 rings (SSSR count). The van der Waals surface area contributed by atoms with Crippen molar-refractivity contribution >= 4 is 23.7 Å². The van der Waals surface area contributed by atoms with Crippen LogP contribution in [0.3, 0.4) is 0 Å². The normalized spacial score (nSPS) is 45.8. The minimum absolute atomic E-state index is 0.00234. The average molecular weight is 555 g/mol. The van der Waals surface area contributed by atoms with Crippen LogP contribution in [0, 0.1) is 40.4 Å². The minimum atomic E-state index is -1.99. The minimum Gasteiger partial charge on any atom is -0.462 e. The number of benzene rings is 1. The van der Waals surface area contributed by atoms with Crippen molar-refractivity contribution in [2.24, 2.45) is 40.4 Å². The molecule has 9 nitrogen and oxygen atoms in total. The van der Waals surface area contributed by atoms with Gasteiger partial charge in [0.15, 0.2) is 5.78 Å². The number of carbonyl (C=O) groups excluding carboxylic acids is 4. The third kappa shape index (κ3) is 3.46. The molecule has 1 heterocycles. The van der Waals surface area contributed by atoms with Crippen LogP contribution >= 0.6 is 0 Å². The summed E-state index contributed by atoms with van der Waals surface area (Å²) in [5.41, 5.74) is -4.43. The SMILES string of the molecule is CC(=O)OC1C(C)CC2(O)C(=O)C3(C)OCC4(C(OC(C)=O)CC5C(C34)C5(C)C)C(OC(=O)c3ccccc3)C12. The predicted molar refractivity (Wildman–Crippen MR) is 140 cm³/mol. The number of hydrogen-bond acceptors (Lipinski definition) is 9. The van der Waals surface area contributed by atoms with E-state index in [0.717, 1.165) is 0 Å². The van der Waals surface area contributed by atoms with E-state index in [1.807, 2.05) is 6.92 Å². The molecule has 1 aliphatic heterocycles. The first-order valence-electron chi connectivity index (χ1n) is 14.2. The Balaban J connectivity index is 1.60. The fourth-order valence-corrected chi connectivity index (χ4v) is 9.41. The van der Waals surface area contributed by atoms with Crippen molar-refractivity contribution in [2.45, 2.75) is 83.9 Å². The van der Waals surface area contributed by atoms with Crippen LogP contribution in [-0.4, -0.2) is 64.9 Å². The fraction of sp³-hybridized carbons (Fsp3) is 0.677. The highest BCUT2D eigenvalue weighted by Crippen LogP contribution is 2.78. The smallest absolute Gasteiger partial charge is 0.338 e. The number of rotatable bonds is 4. The number of carbonyl (C=O) groups is 4. The first-order chi connectivity index (χ1) is 18.7. The van der Waals surface area contributed by atoms with Gasteiger partial charge in [-0.15, -0.1) is 0 Å². The van der Waals surface area contributed by atoms with Crippen LogP contribution in [0.5, 0.6) is 0 Å². The Morgan fingerprint density at radius 1 is 0.975 bits per heavy atom. The molecule has 1 aromatic rings. The number of ketones is 1. The molecular weight excluding hydrogens is 516 g/mol. The number of aliphatic hydroxyl groups is 1. The molecule has 4 saturated carbocycles. The average Bonchev–Trinajstić information content (AvgIpc) is 3.14. The molecule has 1 N–H and O–H groups in total. The van der Waals surface area contributed by atoms with Crippen molar-refractivity contribution < 1.29 is 43.2 Å². The van der Waals surface area contributed by atoms with Crippen molar-refractivity contribution in [1.82, 2.24) is 0 Å². The van der Waals surface area contributed by atoms with Crippen LogP contribution in [0.1, 0.15) is 64.7 Å². The maximum atomic E-state index is 14.6. The first kappa shape index (κ1) is 27.4. The summed E-state index contributed by atoms with van der Waals surface area (Å²) in [5.74, 6) is -3.97. The number of Topliss-reactive ketones (excluding diaryl/α,β-unsaturated/α-hetero) is 1. The molecule has 9 heteroatoms. The Bertz CT molecular complexity index is 1270. The van der Waals surface area contributed by atoms with Gasteiger partial charge in [0.05, 0.1) is 23.5 Å². The van der Waals surface area contributed by atoms with Crippen LogP contribution in [-0.2, 0) is 33.3 Å². The van der Waals surface area contributed by atoms with E-state index in [0.29, 0.717) is 12.0 Å². The third-order valence-electron chi connectivity index (χ3n) is 11.0. The van der Waals surface area contributed by atoms with Crippen LogP contribution in [0.15, 0.2) is 30.3 Å². The van der Waals surface area contributed by atoms with Crippen LogP contribution in [0.4, 0.5) is 0 Å². The van der Waals surface area contributed by atoms with Gasteiger partial charge in [-0.3, -0.25) is 14.4 Å². The van der Waals surface area contributed by atoms with Gasteiger partial charge in [-0.1, -0.05) is 39.0 Å². The van der Waals surface area contributed by atoms with Crippen molar-refractivity contribution in [1.29, 1.82) is 0 Å². The molecule has 0 aromatic heterocycles. The highest BCUT2D eigenvalue weighted by Gasteiger charge is 2.85. The largest absolute Gasteiger partial charge is 0.462 e. The lowest BCUT2D eigenvalue weighted by Crippen LogP contribution is -2.62. The number of ether oxygens (including phenoxy) is 4. The van der Waals surface area contributed by atoms with E-state index in [1.54, 1.807) is 37.3 Å². The quantitative estimate of drug-likeness (QED) is 0.441. The second-order valence-electron chi connectivity index (χ2n) is 13.5. The van der Waals surface area contributed by atoms with E-state index in [1.165, 1.54) is 13.8 Å². The molecular formula is C31H38O9. The molecule has 5 aliphatic rings. The van der Waals surface area contributed by atoms with Gasteiger partial charge >= 0.3 is 17.9 Å².